The zero-order valence-corrected chi connectivity index (χ0v) is 11.9. The fraction of sp³-hybridized carbons (Fsp3) is 0.533. The second-order valence-corrected chi connectivity index (χ2v) is 5.41. The lowest BCUT2D eigenvalue weighted by Gasteiger charge is -2.21. The quantitative estimate of drug-likeness (QED) is 0.790. The third-order valence-electron chi connectivity index (χ3n) is 3.01. The first-order valence-electron chi connectivity index (χ1n) is 6.48. The number of hydrogen-bond donors (Lipinski definition) is 2. The number of carbonyl (C=O) groups is 1. The van der Waals surface area contributed by atoms with E-state index in [1.54, 1.807) is 7.11 Å². The molecule has 0 fully saturated rings. The van der Waals surface area contributed by atoms with Crippen LogP contribution in [0.25, 0.3) is 0 Å². The maximum atomic E-state index is 11.7. The van der Waals surface area contributed by atoms with Crippen molar-refractivity contribution in [2.24, 2.45) is 5.41 Å². The highest BCUT2D eigenvalue weighted by Crippen LogP contribution is 2.18. The third-order valence-corrected chi connectivity index (χ3v) is 3.01. The van der Waals surface area contributed by atoms with E-state index in [0.29, 0.717) is 19.4 Å². The average molecular weight is 265 g/mol. The van der Waals surface area contributed by atoms with Gasteiger partial charge in [-0.15, -0.1) is 0 Å². The van der Waals surface area contributed by atoms with E-state index in [-0.39, 0.29) is 17.9 Å². The Balaban J connectivity index is 2.42. The molecule has 0 saturated heterocycles. The molecule has 0 heterocycles. The van der Waals surface area contributed by atoms with Crippen molar-refractivity contribution >= 4 is 5.91 Å². The van der Waals surface area contributed by atoms with E-state index in [9.17, 15) is 4.79 Å². The third kappa shape index (κ3) is 5.30. The number of amides is 1. The molecule has 0 radical (unpaired) electrons. The maximum absolute atomic E-state index is 11.7. The molecule has 0 aliphatic rings. The van der Waals surface area contributed by atoms with Gasteiger partial charge < -0.3 is 15.2 Å². The molecule has 0 aromatic heterocycles. The van der Waals surface area contributed by atoms with E-state index in [1.807, 2.05) is 38.1 Å². The highest BCUT2D eigenvalue weighted by Gasteiger charge is 2.17. The molecule has 2 N–H and O–H groups in total. The molecule has 19 heavy (non-hydrogen) atoms. The van der Waals surface area contributed by atoms with Crippen molar-refractivity contribution in [1.82, 2.24) is 5.32 Å². The number of methoxy groups -OCH3 is 1. The molecule has 0 atom stereocenters. The molecule has 1 rings (SSSR count). The van der Waals surface area contributed by atoms with Crippen molar-refractivity contribution in [3.05, 3.63) is 29.8 Å². The number of benzene rings is 1. The van der Waals surface area contributed by atoms with Crippen LogP contribution in [0.5, 0.6) is 5.75 Å². The van der Waals surface area contributed by atoms with Gasteiger partial charge in [-0.25, -0.2) is 0 Å². The molecule has 0 bridgehead atoms. The topological polar surface area (TPSA) is 58.6 Å². The van der Waals surface area contributed by atoms with E-state index in [0.717, 1.165) is 11.3 Å². The monoisotopic (exact) mass is 265 g/mol. The molecule has 1 aromatic carbocycles. The number of ether oxygens (including phenoxy) is 1. The Kier molecular flexibility index (Phi) is 5.83. The van der Waals surface area contributed by atoms with Crippen LogP contribution in [0.4, 0.5) is 0 Å². The Morgan fingerprint density at radius 3 is 2.68 bits per heavy atom. The summed E-state index contributed by atoms with van der Waals surface area (Å²) >= 11 is 0. The van der Waals surface area contributed by atoms with Gasteiger partial charge in [0.2, 0.25) is 5.91 Å². The van der Waals surface area contributed by atoms with Crippen LogP contribution in [-0.2, 0) is 11.2 Å². The predicted octanol–water partition coefficient (Wildman–Crippen LogP) is 1.76. The zero-order chi connectivity index (χ0) is 14.3. The second kappa shape index (κ2) is 7.14. The van der Waals surface area contributed by atoms with Gasteiger partial charge >= 0.3 is 0 Å². The number of rotatable bonds is 7. The van der Waals surface area contributed by atoms with E-state index >= 15 is 0 Å². The number of aliphatic hydroxyl groups is 1. The lowest BCUT2D eigenvalue weighted by molar-refractivity contribution is -0.121. The fourth-order valence-corrected chi connectivity index (χ4v) is 1.64. The molecule has 0 aliphatic carbocycles. The van der Waals surface area contributed by atoms with Gasteiger partial charge in [-0.3, -0.25) is 4.79 Å². The zero-order valence-electron chi connectivity index (χ0n) is 11.9. The van der Waals surface area contributed by atoms with Crippen molar-refractivity contribution in [3.8, 4) is 5.75 Å². The summed E-state index contributed by atoms with van der Waals surface area (Å²) in [6, 6.07) is 7.70. The summed E-state index contributed by atoms with van der Waals surface area (Å²) < 4.78 is 5.24. The number of carbonyl (C=O) groups excluding carboxylic acids is 1. The molecule has 0 spiro atoms. The molecule has 1 amide bonds. The highest BCUT2D eigenvalue weighted by molar-refractivity contribution is 5.76. The van der Waals surface area contributed by atoms with Crippen LogP contribution in [0.15, 0.2) is 24.3 Å². The summed E-state index contributed by atoms with van der Waals surface area (Å²) in [5.74, 6) is 0.804. The number of nitrogens with one attached hydrogen (secondary N) is 1. The molecule has 4 heteroatoms. The summed E-state index contributed by atoms with van der Waals surface area (Å²) in [4.78, 5) is 11.7. The Hall–Kier alpha value is -1.55. The lowest BCUT2D eigenvalue weighted by atomic mass is 9.95. The molecule has 106 valence electrons. The van der Waals surface area contributed by atoms with Gasteiger partial charge in [0.15, 0.2) is 0 Å². The van der Waals surface area contributed by atoms with Crippen LogP contribution in [0.2, 0.25) is 0 Å². The van der Waals surface area contributed by atoms with Crippen LogP contribution in [0.1, 0.15) is 25.8 Å². The van der Waals surface area contributed by atoms with Gasteiger partial charge in [-0.2, -0.15) is 0 Å². The van der Waals surface area contributed by atoms with E-state index in [4.69, 9.17) is 9.84 Å². The van der Waals surface area contributed by atoms with Gasteiger partial charge in [0, 0.05) is 25.0 Å². The van der Waals surface area contributed by atoms with Gasteiger partial charge in [-0.1, -0.05) is 32.0 Å². The second-order valence-electron chi connectivity index (χ2n) is 5.41. The summed E-state index contributed by atoms with van der Waals surface area (Å²) in [5, 5.41) is 12.0. The van der Waals surface area contributed by atoms with E-state index in [2.05, 4.69) is 5.32 Å². The van der Waals surface area contributed by atoms with Gasteiger partial charge in [0.1, 0.15) is 5.75 Å². The standard InChI is InChI=1S/C15H23NO3/c1-15(2,11-17)10-16-14(18)9-8-12-6-4-5-7-13(12)19-3/h4-7,17H,8-11H2,1-3H3,(H,16,18). The molecule has 0 aliphatic heterocycles. The fourth-order valence-electron chi connectivity index (χ4n) is 1.64. The first-order chi connectivity index (χ1) is 8.98. The Bertz CT molecular complexity index is 416. The van der Waals surface area contributed by atoms with Gasteiger partial charge in [-0.05, 0) is 18.1 Å². The highest BCUT2D eigenvalue weighted by atomic mass is 16.5. The normalized spacial score (nSPS) is 11.2. The maximum Gasteiger partial charge on any atom is 0.220 e. The number of aryl methyl sites for hydroxylation is 1. The molecule has 1 aromatic rings. The van der Waals surface area contributed by atoms with Crippen molar-refractivity contribution in [3.63, 3.8) is 0 Å². The lowest BCUT2D eigenvalue weighted by Crippen LogP contribution is -2.36. The Morgan fingerprint density at radius 2 is 2.05 bits per heavy atom. The largest absolute Gasteiger partial charge is 0.496 e. The minimum atomic E-state index is -0.278. The van der Waals surface area contributed by atoms with Gasteiger partial charge in [0.25, 0.3) is 0 Å². The van der Waals surface area contributed by atoms with E-state index < -0.39 is 0 Å². The molecule has 0 unspecified atom stereocenters. The number of aliphatic hydroxyl groups excluding tert-OH is 1. The van der Waals surface area contributed by atoms with Crippen LogP contribution < -0.4 is 10.1 Å². The van der Waals surface area contributed by atoms with Crippen molar-refractivity contribution in [1.29, 1.82) is 0 Å². The van der Waals surface area contributed by atoms with Crippen molar-refractivity contribution in [2.45, 2.75) is 26.7 Å². The Labute approximate surface area is 114 Å². The number of para-hydroxylation sites is 1. The smallest absolute Gasteiger partial charge is 0.220 e. The van der Waals surface area contributed by atoms with Crippen LogP contribution in [-0.4, -0.2) is 31.3 Å². The van der Waals surface area contributed by atoms with Crippen LogP contribution in [0, 0.1) is 5.41 Å². The van der Waals surface area contributed by atoms with Gasteiger partial charge in [0.05, 0.1) is 7.11 Å². The van der Waals surface area contributed by atoms with Crippen LogP contribution >= 0.6 is 0 Å². The van der Waals surface area contributed by atoms with Crippen molar-refractivity contribution < 1.29 is 14.6 Å². The molecule has 4 nitrogen and oxygen atoms in total. The molecule has 0 saturated carbocycles. The predicted molar refractivity (Wildman–Crippen MR) is 75.2 cm³/mol. The summed E-state index contributed by atoms with van der Waals surface area (Å²) in [6.07, 6.45) is 1.07. The summed E-state index contributed by atoms with van der Waals surface area (Å²) in [5.41, 5.74) is 0.752. The van der Waals surface area contributed by atoms with E-state index in [1.165, 1.54) is 0 Å². The number of hydrogen-bond acceptors (Lipinski definition) is 3. The Morgan fingerprint density at radius 1 is 1.37 bits per heavy atom. The first kappa shape index (κ1) is 15.5. The SMILES string of the molecule is COc1ccccc1CCC(=O)NCC(C)(C)CO. The molecular weight excluding hydrogens is 242 g/mol. The molecular formula is C15H23NO3. The van der Waals surface area contributed by atoms with Crippen molar-refractivity contribution in [2.75, 3.05) is 20.3 Å². The summed E-state index contributed by atoms with van der Waals surface area (Å²) in [6.45, 7) is 4.36. The minimum Gasteiger partial charge on any atom is -0.496 e. The minimum absolute atomic E-state index is 0.00701. The summed E-state index contributed by atoms with van der Waals surface area (Å²) in [7, 11) is 1.63. The first-order valence-corrected chi connectivity index (χ1v) is 6.48. The average Bonchev–Trinajstić information content (AvgIpc) is 2.43. The van der Waals surface area contributed by atoms with Crippen LogP contribution in [0.3, 0.4) is 0 Å².